The molecule has 0 saturated carbocycles. The average Bonchev–Trinajstić information content (AvgIpc) is 2.40. The first-order chi connectivity index (χ1) is 8.72. The van der Waals surface area contributed by atoms with Gasteiger partial charge in [-0.25, -0.2) is 14.2 Å². The Morgan fingerprint density at radius 2 is 2.06 bits per heavy atom. The molecule has 1 aliphatic rings. The number of allylic oxidation sites excluding steroid dienone is 1. The number of benzene rings is 1. The van der Waals surface area contributed by atoms with Gasteiger partial charge in [0.25, 0.3) is 0 Å². The van der Waals surface area contributed by atoms with E-state index in [4.69, 9.17) is 10.6 Å². The van der Waals surface area contributed by atoms with Crippen molar-refractivity contribution in [3.05, 3.63) is 47.2 Å². The molecule has 1 aromatic rings. The Kier molecular flexibility index (Phi) is 4.28. The third-order valence-electron chi connectivity index (χ3n) is 2.98. The van der Waals surface area contributed by atoms with Crippen molar-refractivity contribution in [2.45, 2.75) is 25.3 Å². The summed E-state index contributed by atoms with van der Waals surface area (Å²) in [4.78, 5) is 0. The van der Waals surface area contributed by atoms with E-state index in [1.54, 1.807) is 0 Å². The number of hydrogen-bond acceptors (Lipinski definition) is 3. The molecule has 5 heteroatoms. The molecule has 0 aromatic heterocycles. The second-order valence-corrected chi connectivity index (χ2v) is 4.22. The first kappa shape index (κ1) is 13.0. The van der Waals surface area contributed by atoms with Crippen molar-refractivity contribution in [3.8, 4) is 0 Å². The monoisotopic (exact) mass is 254 g/mol. The summed E-state index contributed by atoms with van der Waals surface area (Å²) in [5, 5.41) is 0. The van der Waals surface area contributed by atoms with Crippen molar-refractivity contribution in [3.63, 3.8) is 0 Å². The predicted molar refractivity (Wildman–Crippen MR) is 64.4 cm³/mol. The predicted octanol–water partition coefficient (Wildman–Crippen LogP) is 2.03. The maximum atomic E-state index is 13.5. The van der Waals surface area contributed by atoms with E-state index in [-0.39, 0.29) is 12.0 Å². The van der Waals surface area contributed by atoms with Gasteiger partial charge in [-0.05, 0) is 31.1 Å². The molecule has 1 heterocycles. The van der Waals surface area contributed by atoms with Gasteiger partial charge in [0.2, 0.25) is 0 Å². The summed E-state index contributed by atoms with van der Waals surface area (Å²) in [7, 11) is 0. The van der Waals surface area contributed by atoms with Gasteiger partial charge in [0.1, 0.15) is 17.4 Å². The van der Waals surface area contributed by atoms with E-state index in [2.05, 4.69) is 5.43 Å². The van der Waals surface area contributed by atoms with Crippen LogP contribution in [0.4, 0.5) is 8.78 Å². The maximum absolute atomic E-state index is 13.5. The molecule has 0 bridgehead atoms. The van der Waals surface area contributed by atoms with Crippen LogP contribution in [-0.2, 0) is 11.2 Å². The summed E-state index contributed by atoms with van der Waals surface area (Å²) in [6, 6.07) is 3.41. The van der Waals surface area contributed by atoms with Crippen LogP contribution in [-0.4, -0.2) is 12.6 Å². The minimum Gasteiger partial charge on any atom is -0.497 e. The molecule has 0 saturated heterocycles. The van der Waals surface area contributed by atoms with E-state index < -0.39 is 17.7 Å². The highest BCUT2D eigenvalue weighted by atomic mass is 19.1. The first-order valence-corrected chi connectivity index (χ1v) is 5.94. The van der Waals surface area contributed by atoms with Gasteiger partial charge in [0, 0.05) is 12.0 Å². The van der Waals surface area contributed by atoms with Crippen LogP contribution in [0.15, 0.2) is 30.0 Å². The molecule has 3 N–H and O–H groups in total. The third-order valence-corrected chi connectivity index (χ3v) is 2.98. The molecular formula is C13H16F2N2O. The molecule has 0 spiro atoms. The van der Waals surface area contributed by atoms with Crippen LogP contribution in [0.5, 0.6) is 0 Å². The first-order valence-electron chi connectivity index (χ1n) is 5.94. The lowest BCUT2D eigenvalue weighted by Gasteiger charge is -2.23. The minimum absolute atomic E-state index is 0.0236. The molecule has 18 heavy (non-hydrogen) atoms. The van der Waals surface area contributed by atoms with Gasteiger partial charge in [-0.3, -0.25) is 5.84 Å². The second kappa shape index (κ2) is 5.93. The van der Waals surface area contributed by atoms with Crippen molar-refractivity contribution < 1.29 is 13.5 Å². The van der Waals surface area contributed by atoms with E-state index >= 15 is 0 Å². The third kappa shape index (κ3) is 2.86. The lowest BCUT2D eigenvalue weighted by atomic mass is 10.0. The van der Waals surface area contributed by atoms with Crippen molar-refractivity contribution in [1.82, 2.24) is 5.43 Å². The SMILES string of the molecule is NNC(Cc1c(F)cccc1F)C1=CCCCO1. The fourth-order valence-corrected chi connectivity index (χ4v) is 1.99. The summed E-state index contributed by atoms with van der Waals surface area (Å²) in [5.74, 6) is 4.97. The highest BCUT2D eigenvalue weighted by molar-refractivity contribution is 5.23. The summed E-state index contributed by atoms with van der Waals surface area (Å²) >= 11 is 0. The molecule has 1 unspecified atom stereocenters. The number of rotatable bonds is 4. The van der Waals surface area contributed by atoms with E-state index in [0.29, 0.717) is 12.4 Å². The topological polar surface area (TPSA) is 47.3 Å². The van der Waals surface area contributed by atoms with Gasteiger partial charge in [-0.2, -0.15) is 0 Å². The van der Waals surface area contributed by atoms with Crippen molar-refractivity contribution in [2.75, 3.05) is 6.61 Å². The standard InChI is InChI=1S/C13H16F2N2O/c14-10-4-3-5-11(15)9(10)8-12(17-16)13-6-1-2-7-18-13/h3-6,12,17H,1-2,7-8,16H2. The average molecular weight is 254 g/mol. The van der Waals surface area contributed by atoms with Gasteiger partial charge in [-0.1, -0.05) is 6.07 Å². The Bertz CT molecular complexity index is 428. The minimum atomic E-state index is -0.563. The highest BCUT2D eigenvalue weighted by Crippen LogP contribution is 2.20. The van der Waals surface area contributed by atoms with E-state index in [1.165, 1.54) is 18.2 Å². The lowest BCUT2D eigenvalue weighted by molar-refractivity contribution is 0.167. The quantitative estimate of drug-likeness (QED) is 0.638. The van der Waals surface area contributed by atoms with E-state index in [1.807, 2.05) is 6.08 Å². The summed E-state index contributed by atoms with van der Waals surface area (Å²) in [5.41, 5.74) is 2.57. The summed E-state index contributed by atoms with van der Waals surface area (Å²) in [6.45, 7) is 0.615. The zero-order chi connectivity index (χ0) is 13.0. The van der Waals surface area contributed by atoms with Crippen LogP contribution in [0.3, 0.4) is 0 Å². The molecule has 1 aliphatic heterocycles. The normalized spacial score (nSPS) is 16.9. The Balaban J connectivity index is 2.17. The molecule has 0 radical (unpaired) electrons. The van der Waals surface area contributed by atoms with E-state index in [9.17, 15) is 8.78 Å². The fourth-order valence-electron chi connectivity index (χ4n) is 1.99. The molecule has 1 aromatic carbocycles. The molecule has 98 valence electrons. The van der Waals surface area contributed by atoms with Gasteiger partial charge >= 0.3 is 0 Å². The molecule has 2 rings (SSSR count). The Morgan fingerprint density at radius 3 is 2.61 bits per heavy atom. The molecule has 1 atom stereocenters. The molecule has 0 aliphatic carbocycles. The number of ether oxygens (including phenoxy) is 1. The largest absolute Gasteiger partial charge is 0.497 e. The lowest BCUT2D eigenvalue weighted by Crippen LogP contribution is -2.40. The van der Waals surface area contributed by atoms with Crippen LogP contribution in [0.25, 0.3) is 0 Å². The van der Waals surface area contributed by atoms with Crippen molar-refractivity contribution in [1.29, 1.82) is 0 Å². The Labute approximate surface area is 105 Å². The van der Waals surface area contributed by atoms with Gasteiger partial charge < -0.3 is 4.74 Å². The van der Waals surface area contributed by atoms with Crippen molar-refractivity contribution in [2.24, 2.45) is 5.84 Å². The highest BCUT2D eigenvalue weighted by Gasteiger charge is 2.20. The zero-order valence-corrected chi connectivity index (χ0v) is 9.96. The van der Waals surface area contributed by atoms with Crippen molar-refractivity contribution >= 4 is 0 Å². The van der Waals surface area contributed by atoms with Crippen LogP contribution in [0.2, 0.25) is 0 Å². The molecule has 3 nitrogen and oxygen atoms in total. The molecular weight excluding hydrogens is 238 g/mol. The zero-order valence-electron chi connectivity index (χ0n) is 9.96. The number of hydrazine groups is 1. The molecule has 0 amide bonds. The maximum Gasteiger partial charge on any atom is 0.129 e. The molecule has 0 fully saturated rings. The number of hydrogen-bond donors (Lipinski definition) is 2. The van der Waals surface area contributed by atoms with Crippen LogP contribution >= 0.6 is 0 Å². The second-order valence-electron chi connectivity index (χ2n) is 4.22. The fraction of sp³-hybridized carbons (Fsp3) is 0.385. The van der Waals surface area contributed by atoms with Crippen LogP contribution < -0.4 is 11.3 Å². The van der Waals surface area contributed by atoms with Gasteiger partial charge in [0.15, 0.2) is 0 Å². The number of nitrogens with two attached hydrogens (primary N) is 1. The number of nitrogens with one attached hydrogen (secondary N) is 1. The van der Waals surface area contributed by atoms with Crippen LogP contribution in [0, 0.1) is 11.6 Å². The van der Waals surface area contributed by atoms with Gasteiger partial charge in [0.05, 0.1) is 12.6 Å². The summed E-state index contributed by atoms with van der Waals surface area (Å²) < 4.78 is 32.5. The van der Waals surface area contributed by atoms with E-state index in [0.717, 1.165) is 12.8 Å². The Morgan fingerprint density at radius 1 is 1.33 bits per heavy atom. The van der Waals surface area contributed by atoms with Gasteiger partial charge in [-0.15, -0.1) is 0 Å². The smallest absolute Gasteiger partial charge is 0.129 e. The van der Waals surface area contributed by atoms with Crippen LogP contribution in [0.1, 0.15) is 18.4 Å². The number of halogens is 2. The Hall–Kier alpha value is -1.46. The summed E-state index contributed by atoms with van der Waals surface area (Å²) in [6.07, 6.45) is 3.88.